The molecule has 0 aliphatic heterocycles. The van der Waals surface area contributed by atoms with Crippen LogP contribution < -0.4 is 16.8 Å². The van der Waals surface area contributed by atoms with Crippen LogP contribution in [0.25, 0.3) is 0 Å². The van der Waals surface area contributed by atoms with E-state index < -0.39 is 11.8 Å². The maximum Gasteiger partial charge on any atom is 0.248 e. The smallest absolute Gasteiger partial charge is 0.248 e. The Balaban J connectivity index is 2.30. The van der Waals surface area contributed by atoms with Crippen molar-refractivity contribution in [1.82, 2.24) is 0 Å². The molecule has 5 nitrogen and oxygen atoms in total. The van der Waals surface area contributed by atoms with E-state index in [0.29, 0.717) is 10.0 Å². The zero-order valence-electron chi connectivity index (χ0n) is 11.2. The van der Waals surface area contributed by atoms with E-state index in [1.807, 2.05) is 19.1 Å². The summed E-state index contributed by atoms with van der Waals surface area (Å²) in [6, 6.07) is 8.24. The van der Waals surface area contributed by atoms with Crippen LogP contribution in [-0.4, -0.2) is 11.8 Å². The number of thiophene rings is 1. The molecule has 21 heavy (non-hydrogen) atoms. The molecular formula is C14H14ClN3O2S. The lowest BCUT2D eigenvalue weighted by molar-refractivity contribution is 0.0999. The van der Waals surface area contributed by atoms with E-state index in [9.17, 15) is 9.59 Å². The lowest BCUT2D eigenvalue weighted by atomic mass is 10.1. The number of nitrogens with two attached hydrogens (primary N) is 2. The summed E-state index contributed by atoms with van der Waals surface area (Å²) in [5, 5.41) is 3.20. The standard InChI is InChI=1S/C14H14ClN3O2S/c1-7(11-2-3-12(15)21-11)18-10-5-8(13(16)19)4-9(6-10)14(17)20/h2-7,18H,1H3,(H2,16,19)(H2,17,20). The molecule has 0 saturated heterocycles. The highest BCUT2D eigenvalue weighted by Gasteiger charge is 2.12. The molecule has 5 N–H and O–H groups in total. The first-order valence-corrected chi connectivity index (χ1v) is 7.32. The fourth-order valence-electron chi connectivity index (χ4n) is 1.88. The Kier molecular flexibility index (Phi) is 4.50. The quantitative estimate of drug-likeness (QED) is 0.789. The molecule has 0 spiro atoms. The molecule has 2 amide bonds. The van der Waals surface area contributed by atoms with Crippen LogP contribution in [0, 0.1) is 0 Å². The van der Waals surface area contributed by atoms with E-state index in [-0.39, 0.29) is 17.2 Å². The highest BCUT2D eigenvalue weighted by Crippen LogP contribution is 2.29. The van der Waals surface area contributed by atoms with Crippen molar-refractivity contribution in [3.05, 3.63) is 50.7 Å². The molecule has 2 rings (SSSR count). The van der Waals surface area contributed by atoms with Crippen LogP contribution in [-0.2, 0) is 0 Å². The number of rotatable bonds is 5. The largest absolute Gasteiger partial charge is 0.378 e. The summed E-state index contributed by atoms with van der Waals surface area (Å²) >= 11 is 7.37. The average molecular weight is 324 g/mol. The second-order valence-corrected chi connectivity index (χ2v) is 6.28. The van der Waals surface area contributed by atoms with Gasteiger partial charge in [-0.15, -0.1) is 11.3 Å². The minimum atomic E-state index is -0.618. The van der Waals surface area contributed by atoms with Gasteiger partial charge in [0.2, 0.25) is 11.8 Å². The maximum atomic E-state index is 11.3. The predicted octanol–water partition coefficient (Wildman–Crippen LogP) is 2.77. The van der Waals surface area contributed by atoms with Crippen molar-refractivity contribution in [2.75, 3.05) is 5.32 Å². The third-order valence-corrected chi connectivity index (χ3v) is 4.32. The zero-order valence-corrected chi connectivity index (χ0v) is 12.8. The van der Waals surface area contributed by atoms with Crippen LogP contribution in [0.2, 0.25) is 4.34 Å². The number of nitrogens with one attached hydrogen (secondary N) is 1. The van der Waals surface area contributed by atoms with Crippen LogP contribution >= 0.6 is 22.9 Å². The maximum absolute atomic E-state index is 11.3. The summed E-state index contributed by atoms with van der Waals surface area (Å²) in [6.45, 7) is 1.95. The van der Waals surface area contributed by atoms with E-state index in [2.05, 4.69) is 5.32 Å². The fraction of sp³-hybridized carbons (Fsp3) is 0.143. The number of carbonyl (C=O) groups excluding carboxylic acids is 2. The van der Waals surface area contributed by atoms with Gasteiger partial charge in [-0.3, -0.25) is 9.59 Å². The molecule has 1 atom stereocenters. The number of halogens is 1. The van der Waals surface area contributed by atoms with E-state index in [1.54, 1.807) is 12.1 Å². The molecule has 110 valence electrons. The van der Waals surface area contributed by atoms with Crippen molar-refractivity contribution in [2.45, 2.75) is 13.0 Å². The minimum Gasteiger partial charge on any atom is -0.378 e. The molecule has 7 heteroatoms. The Morgan fingerprint density at radius 2 is 1.71 bits per heavy atom. The Labute approximate surface area is 130 Å². The number of amides is 2. The normalized spacial score (nSPS) is 11.9. The summed E-state index contributed by atoms with van der Waals surface area (Å²) in [6.07, 6.45) is 0. The second-order valence-electron chi connectivity index (χ2n) is 4.54. The van der Waals surface area contributed by atoms with Gasteiger partial charge in [0.25, 0.3) is 0 Å². The summed E-state index contributed by atoms with van der Waals surface area (Å²) in [5.41, 5.74) is 11.6. The number of carbonyl (C=O) groups is 2. The van der Waals surface area contributed by atoms with Gasteiger partial charge in [-0.25, -0.2) is 0 Å². The molecule has 0 saturated carbocycles. The Morgan fingerprint density at radius 3 is 2.14 bits per heavy atom. The highest BCUT2D eigenvalue weighted by atomic mass is 35.5. The summed E-state index contributed by atoms with van der Waals surface area (Å²) < 4.78 is 0.697. The average Bonchev–Trinajstić information content (AvgIpc) is 2.85. The lowest BCUT2D eigenvalue weighted by Gasteiger charge is -2.15. The van der Waals surface area contributed by atoms with Crippen LogP contribution in [0.1, 0.15) is 38.6 Å². The molecule has 0 radical (unpaired) electrons. The van der Waals surface area contributed by atoms with Crippen molar-refractivity contribution in [1.29, 1.82) is 0 Å². The fourth-order valence-corrected chi connectivity index (χ4v) is 2.94. The van der Waals surface area contributed by atoms with E-state index in [0.717, 1.165) is 4.88 Å². The lowest BCUT2D eigenvalue weighted by Crippen LogP contribution is -2.16. The van der Waals surface area contributed by atoms with Crippen LogP contribution in [0.3, 0.4) is 0 Å². The summed E-state index contributed by atoms with van der Waals surface area (Å²) in [5.74, 6) is -1.24. The topological polar surface area (TPSA) is 98.2 Å². The van der Waals surface area contributed by atoms with Gasteiger partial charge in [-0.1, -0.05) is 11.6 Å². The van der Waals surface area contributed by atoms with Crippen LogP contribution in [0.15, 0.2) is 30.3 Å². The minimum absolute atomic E-state index is 0.0358. The van der Waals surface area contributed by atoms with Gasteiger partial charge >= 0.3 is 0 Å². The number of anilines is 1. The number of benzene rings is 1. The van der Waals surface area contributed by atoms with Gasteiger partial charge in [-0.2, -0.15) is 0 Å². The summed E-state index contributed by atoms with van der Waals surface area (Å²) in [7, 11) is 0. The van der Waals surface area contributed by atoms with Gasteiger partial charge < -0.3 is 16.8 Å². The monoisotopic (exact) mass is 323 g/mol. The number of primary amides is 2. The molecule has 0 bridgehead atoms. The Hall–Kier alpha value is -2.05. The van der Waals surface area contributed by atoms with Crippen molar-refractivity contribution < 1.29 is 9.59 Å². The third-order valence-electron chi connectivity index (χ3n) is 2.91. The Bertz CT molecular complexity index is 667. The van der Waals surface area contributed by atoms with Gasteiger partial charge in [0.05, 0.1) is 10.4 Å². The predicted molar refractivity (Wildman–Crippen MR) is 84.8 cm³/mol. The molecule has 0 aliphatic carbocycles. The van der Waals surface area contributed by atoms with Crippen molar-refractivity contribution in [3.63, 3.8) is 0 Å². The van der Waals surface area contributed by atoms with Gasteiger partial charge in [0, 0.05) is 21.7 Å². The first kappa shape index (κ1) is 15.3. The molecule has 0 aliphatic rings. The van der Waals surface area contributed by atoms with Gasteiger partial charge in [0.1, 0.15) is 0 Å². The molecule has 1 unspecified atom stereocenters. The number of hydrogen-bond donors (Lipinski definition) is 3. The van der Waals surface area contributed by atoms with Crippen LogP contribution in [0.4, 0.5) is 5.69 Å². The first-order chi connectivity index (χ1) is 9.86. The Morgan fingerprint density at radius 1 is 1.14 bits per heavy atom. The zero-order chi connectivity index (χ0) is 15.6. The van der Waals surface area contributed by atoms with E-state index >= 15 is 0 Å². The molecule has 1 aromatic carbocycles. The van der Waals surface area contributed by atoms with Gasteiger partial charge in [-0.05, 0) is 37.3 Å². The molecule has 1 heterocycles. The third kappa shape index (κ3) is 3.74. The summed E-state index contributed by atoms with van der Waals surface area (Å²) in [4.78, 5) is 23.7. The van der Waals surface area contributed by atoms with Crippen molar-refractivity contribution in [3.8, 4) is 0 Å². The molecule has 0 fully saturated rings. The highest BCUT2D eigenvalue weighted by molar-refractivity contribution is 7.16. The van der Waals surface area contributed by atoms with E-state index in [4.69, 9.17) is 23.1 Å². The van der Waals surface area contributed by atoms with Crippen LogP contribution in [0.5, 0.6) is 0 Å². The first-order valence-electron chi connectivity index (χ1n) is 6.13. The van der Waals surface area contributed by atoms with Crippen molar-refractivity contribution in [2.24, 2.45) is 11.5 Å². The van der Waals surface area contributed by atoms with Crippen molar-refractivity contribution >= 4 is 40.4 Å². The second kappa shape index (κ2) is 6.15. The molecular weight excluding hydrogens is 310 g/mol. The number of hydrogen-bond acceptors (Lipinski definition) is 4. The SMILES string of the molecule is CC(Nc1cc(C(N)=O)cc(C(N)=O)c1)c1ccc(Cl)s1. The van der Waals surface area contributed by atoms with Gasteiger partial charge in [0.15, 0.2) is 0 Å². The molecule has 2 aromatic rings. The molecule has 1 aromatic heterocycles. The van der Waals surface area contributed by atoms with E-state index in [1.165, 1.54) is 17.4 Å².